The molecule has 2 aromatic heterocycles. The minimum absolute atomic E-state index is 0.381. The van der Waals surface area contributed by atoms with Gasteiger partial charge in [-0.1, -0.05) is 23.8 Å². The lowest BCUT2D eigenvalue weighted by Gasteiger charge is -2.00. The lowest BCUT2D eigenvalue weighted by atomic mass is 10.1. The Hall–Kier alpha value is -2.81. The number of aryl methyl sites for hydroxylation is 2. The van der Waals surface area contributed by atoms with Crippen LogP contribution in [0.3, 0.4) is 0 Å². The van der Waals surface area contributed by atoms with E-state index in [4.69, 9.17) is 8.83 Å². The number of rotatable bonds is 1. The van der Waals surface area contributed by atoms with E-state index < -0.39 is 0 Å². The van der Waals surface area contributed by atoms with E-state index in [1.54, 1.807) is 0 Å². The summed E-state index contributed by atoms with van der Waals surface area (Å²) in [7, 11) is 0. The maximum Gasteiger partial charge on any atom is 0.347 e. The van der Waals surface area contributed by atoms with Gasteiger partial charge in [0.2, 0.25) is 0 Å². The molecule has 3 heteroatoms. The highest BCUT2D eigenvalue weighted by Crippen LogP contribution is 2.28. The molecular weight excluding hydrogens is 276 g/mol. The molecule has 0 atom stereocenters. The molecule has 2 aromatic carbocycles. The predicted molar refractivity (Wildman–Crippen MR) is 87.2 cm³/mol. The van der Waals surface area contributed by atoms with Crippen LogP contribution in [0.25, 0.3) is 33.3 Å². The van der Waals surface area contributed by atoms with Gasteiger partial charge in [0.15, 0.2) is 0 Å². The third kappa shape index (κ3) is 2.02. The second kappa shape index (κ2) is 4.60. The van der Waals surface area contributed by atoms with Gasteiger partial charge in [0.05, 0.1) is 0 Å². The average Bonchev–Trinajstić information content (AvgIpc) is 2.89. The summed E-state index contributed by atoms with van der Waals surface area (Å²) in [5, 5.41) is 1.87. The normalized spacial score (nSPS) is 11.4. The first kappa shape index (κ1) is 12.9. The first-order valence-corrected chi connectivity index (χ1v) is 7.15. The van der Waals surface area contributed by atoms with Gasteiger partial charge in [0.1, 0.15) is 22.5 Å². The van der Waals surface area contributed by atoms with Crippen molar-refractivity contribution in [3.63, 3.8) is 0 Å². The van der Waals surface area contributed by atoms with Crippen LogP contribution in [0.15, 0.2) is 62.2 Å². The van der Waals surface area contributed by atoms with Crippen LogP contribution in [0, 0.1) is 13.8 Å². The molecular formula is C19H14O3. The van der Waals surface area contributed by atoms with Crippen molar-refractivity contribution in [3.8, 4) is 11.3 Å². The third-order valence-corrected chi connectivity index (χ3v) is 3.83. The van der Waals surface area contributed by atoms with Crippen LogP contribution >= 0.6 is 0 Å². The highest BCUT2D eigenvalue weighted by Gasteiger charge is 2.13. The summed E-state index contributed by atoms with van der Waals surface area (Å²) in [5.41, 5.74) is 3.65. The fourth-order valence-corrected chi connectivity index (χ4v) is 2.69. The van der Waals surface area contributed by atoms with Crippen molar-refractivity contribution in [3.05, 3.63) is 70.1 Å². The summed E-state index contributed by atoms with van der Waals surface area (Å²) in [6, 6.07) is 15.5. The second-order valence-electron chi connectivity index (χ2n) is 5.64. The van der Waals surface area contributed by atoms with Gasteiger partial charge in [-0.3, -0.25) is 0 Å². The van der Waals surface area contributed by atoms with Crippen LogP contribution in [0.4, 0.5) is 0 Å². The Kier molecular flexibility index (Phi) is 2.70. The zero-order valence-corrected chi connectivity index (χ0v) is 12.3. The van der Waals surface area contributed by atoms with E-state index in [1.807, 2.05) is 62.4 Å². The van der Waals surface area contributed by atoms with Gasteiger partial charge in [0.25, 0.3) is 0 Å². The van der Waals surface area contributed by atoms with Gasteiger partial charge in [-0.05, 0) is 49.7 Å². The van der Waals surface area contributed by atoms with Crippen molar-refractivity contribution < 1.29 is 8.83 Å². The fourth-order valence-electron chi connectivity index (χ4n) is 2.69. The van der Waals surface area contributed by atoms with Crippen molar-refractivity contribution in [1.29, 1.82) is 0 Å². The minimum atomic E-state index is -0.381. The highest BCUT2D eigenvalue weighted by molar-refractivity contribution is 5.86. The van der Waals surface area contributed by atoms with Crippen LogP contribution in [-0.2, 0) is 0 Å². The Morgan fingerprint density at radius 3 is 2.36 bits per heavy atom. The average molecular weight is 290 g/mol. The molecule has 22 heavy (non-hydrogen) atoms. The third-order valence-electron chi connectivity index (χ3n) is 3.83. The molecule has 0 radical (unpaired) electrons. The van der Waals surface area contributed by atoms with E-state index >= 15 is 0 Å². The molecule has 0 saturated carbocycles. The summed E-state index contributed by atoms with van der Waals surface area (Å²) < 4.78 is 11.2. The molecule has 3 nitrogen and oxygen atoms in total. The van der Waals surface area contributed by atoms with E-state index in [1.165, 1.54) is 0 Å². The number of furan rings is 1. The van der Waals surface area contributed by atoms with Gasteiger partial charge in [-0.25, -0.2) is 4.79 Å². The maximum atomic E-state index is 12.3. The monoisotopic (exact) mass is 290 g/mol. The van der Waals surface area contributed by atoms with Gasteiger partial charge in [-0.15, -0.1) is 0 Å². The van der Waals surface area contributed by atoms with E-state index in [0.717, 1.165) is 27.5 Å². The Morgan fingerprint density at radius 1 is 0.727 bits per heavy atom. The molecule has 0 amide bonds. The van der Waals surface area contributed by atoms with Crippen LogP contribution < -0.4 is 5.63 Å². The summed E-state index contributed by atoms with van der Waals surface area (Å²) in [6.07, 6.45) is 0. The van der Waals surface area contributed by atoms with Crippen molar-refractivity contribution in [1.82, 2.24) is 0 Å². The van der Waals surface area contributed by atoms with E-state index in [-0.39, 0.29) is 5.63 Å². The molecule has 0 spiro atoms. The van der Waals surface area contributed by atoms with E-state index in [2.05, 4.69) is 0 Å². The molecule has 0 fully saturated rings. The van der Waals surface area contributed by atoms with Crippen molar-refractivity contribution in [2.24, 2.45) is 0 Å². The zero-order chi connectivity index (χ0) is 15.3. The van der Waals surface area contributed by atoms with Crippen LogP contribution in [0.5, 0.6) is 0 Å². The maximum absolute atomic E-state index is 12.3. The van der Waals surface area contributed by atoms with Crippen molar-refractivity contribution in [2.75, 3.05) is 0 Å². The first-order chi connectivity index (χ1) is 10.6. The molecule has 0 saturated heterocycles. The van der Waals surface area contributed by atoms with Crippen molar-refractivity contribution in [2.45, 2.75) is 13.8 Å². The molecule has 0 aliphatic heterocycles. The Morgan fingerprint density at radius 2 is 1.50 bits per heavy atom. The number of fused-ring (bicyclic) bond motifs is 2. The Balaban J connectivity index is 1.97. The largest absolute Gasteiger partial charge is 0.456 e. The molecule has 0 aliphatic rings. The molecule has 4 aromatic rings. The van der Waals surface area contributed by atoms with Crippen LogP contribution in [0.2, 0.25) is 0 Å². The lowest BCUT2D eigenvalue weighted by Crippen LogP contribution is -2.01. The molecule has 4 rings (SSSR count). The lowest BCUT2D eigenvalue weighted by molar-refractivity contribution is 0.555. The van der Waals surface area contributed by atoms with E-state index in [9.17, 15) is 4.79 Å². The van der Waals surface area contributed by atoms with E-state index in [0.29, 0.717) is 16.9 Å². The summed E-state index contributed by atoms with van der Waals surface area (Å²) in [5.74, 6) is 0.539. The Bertz CT molecular complexity index is 1070. The quantitative estimate of drug-likeness (QED) is 0.472. The summed E-state index contributed by atoms with van der Waals surface area (Å²) >= 11 is 0. The fraction of sp³-hybridized carbons (Fsp3) is 0.105. The number of benzene rings is 2. The van der Waals surface area contributed by atoms with Gasteiger partial charge >= 0.3 is 5.63 Å². The first-order valence-electron chi connectivity index (χ1n) is 7.15. The molecule has 0 bridgehead atoms. The zero-order valence-electron chi connectivity index (χ0n) is 12.3. The molecule has 2 heterocycles. The molecule has 0 N–H and O–H groups in total. The van der Waals surface area contributed by atoms with Crippen LogP contribution in [-0.4, -0.2) is 0 Å². The van der Waals surface area contributed by atoms with Gasteiger partial charge in [-0.2, -0.15) is 0 Å². The molecule has 0 aliphatic carbocycles. The summed E-state index contributed by atoms with van der Waals surface area (Å²) in [4.78, 5) is 12.3. The Labute approximate surface area is 126 Å². The predicted octanol–water partition coefficient (Wildman–Crippen LogP) is 4.82. The van der Waals surface area contributed by atoms with Gasteiger partial charge < -0.3 is 8.83 Å². The summed E-state index contributed by atoms with van der Waals surface area (Å²) in [6.45, 7) is 3.99. The van der Waals surface area contributed by atoms with Crippen LogP contribution in [0.1, 0.15) is 11.1 Å². The SMILES string of the molecule is Cc1ccc2oc(-c3cc4ccc(C)cc4oc3=O)cc2c1. The minimum Gasteiger partial charge on any atom is -0.456 e. The van der Waals surface area contributed by atoms with Gasteiger partial charge in [0, 0.05) is 10.8 Å². The molecule has 0 unspecified atom stereocenters. The number of hydrogen-bond acceptors (Lipinski definition) is 3. The number of hydrogen-bond donors (Lipinski definition) is 0. The second-order valence-corrected chi connectivity index (χ2v) is 5.64. The highest BCUT2D eigenvalue weighted by atomic mass is 16.4. The smallest absolute Gasteiger partial charge is 0.347 e. The van der Waals surface area contributed by atoms with Crippen molar-refractivity contribution >= 4 is 21.9 Å². The standard InChI is InChI=1S/C19H14O3/c1-11-4-6-16-14(7-11)10-18(21-16)15-9-13-5-3-12(2)8-17(13)22-19(15)20/h3-10H,1-2H3. The topological polar surface area (TPSA) is 43.4 Å². The molecule has 108 valence electrons.